The molecule has 25 heavy (non-hydrogen) atoms. The molecule has 0 radical (unpaired) electrons. The van der Waals surface area contributed by atoms with E-state index < -0.39 is 0 Å². The Hall–Kier alpha value is -2.67. The molecule has 0 aliphatic carbocycles. The maximum Gasteiger partial charge on any atom is 0.263 e. The Morgan fingerprint density at radius 1 is 1.12 bits per heavy atom. The number of benzene rings is 2. The molecule has 3 aromatic rings. The van der Waals surface area contributed by atoms with Crippen LogP contribution in [0.3, 0.4) is 0 Å². The van der Waals surface area contributed by atoms with Gasteiger partial charge in [0.05, 0.1) is 0 Å². The number of carbonyl (C=O) groups excluding carboxylic acids is 1. The molecule has 2 aromatic carbocycles. The molecule has 7 heteroatoms. The quantitative estimate of drug-likeness (QED) is 0.695. The maximum absolute atomic E-state index is 12.2. The van der Waals surface area contributed by atoms with Crippen LogP contribution in [0.4, 0.5) is 5.82 Å². The summed E-state index contributed by atoms with van der Waals surface area (Å²) in [6.45, 7) is 3.75. The van der Waals surface area contributed by atoms with Crippen LogP contribution in [0.5, 0.6) is 5.75 Å². The lowest BCUT2D eigenvalue weighted by atomic mass is 10.1. The lowest BCUT2D eigenvalue weighted by Crippen LogP contribution is -2.21. The summed E-state index contributed by atoms with van der Waals surface area (Å²) in [7, 11) is 0. The first-order valence-electron chi connectivity index (χ1n) is 7.62. The minimum absolute atomic E-state index is 0.127. The van der Waals surface area contributed by atoms with Gasteiger partial charge in [-0.1, -0.05) is 46.3 Å². The normalized spacial score (nSPS) is 10.5. The number of amides is 1. The molecule has 0 fully saturated rings. The van der Waals surface area contributed by atoms with Crippen LogP contribution in [0.2, 0.25) is 0 Å². The minimum Gasteiger partial charge on any atom is -0.483 e. The molecule has 0 spiro atoms. The number of carbonyl (C=O) groups is 1. The highest BCUT2D eigenvalue weighted by Crippen LogP contribution is 2.26. The summed E-state index contributed by atoms with van der Waals surface area (Å²) in [6.07, 6.45) is 0. The smallest absolute Gasteiger partial charge is 0.263 e. The van der Waals surface area contributed by atoms with Gasteiger partial charge < -0.3 is 10.1 Å². The molecule has 6 nitrogen and oxygen atoms in total. The van der Waals surface area contributed by atoms with Crippen LogP contribution < -0.4 is 10.1 Å². The monoisotopic (exact) mass is 401 g/mol. The van der Waals surface area contributed by atoms with Gasteiger partial charge >= 0.3 is 0 Å². The predicted octanol–water partition coefficient (Wildman–Crippen LogP) is 4.13. The summed E-state index contributed by atoms with van der Waals surface area (Å²) in [4.78, 5) is 12.2. The van der Waals surface area contributed by atoms with Gasteiger partial charge in [0.1, 0.15) is 5.75 Å². The Balaban J connectivity index is 1.68. The van der Waals surface area contributed by atoms with E-state index in [2.05, 4.69) is 31.6 Å². The van der Waals surface area contributed by atoms with E-state index in [0.717, 1.165) is 21.2 Å². The highest BCUT2D eigenvalue weighted by Gasteiger charge is 2.16. The van der Waals surface area contributed by atoms with Gasteiger partial charge in [-0.2, -0.15) is 0 Å². The number of nitrogens with one attached hydrogen (secondary N) is 1. The van der Waals surface area contributed by atoms with Gasteiger partial charge in [0.2, 0.25) is 5.82 Å². The van der Waals surface area contributed by atoms with E-state index in [9.17, 15) is 4.79 Å². The van der Waals surface area contributed by atoms with Gasteiger partial charge in [0.15, 0.2) is 12.3 Å². The highest BCUT2D eigenvalue weighted by atomic mass is 79.9. The van der Waals surface area contributed by atoms with E-state index in [1.807, 2.05) is 56.3 Å². The average Bonchev–Trinajstić information content (AvgIpc) is 3.03. The highest BCUT2D eigenvalue weighted by molar-refractivity contribution is 9.10. The van der Waals surface area contributed by atoms with Gasteiger partial charge in [-0.15, -0.1) is 0 Å². The Bertz CT molecular complexity index is 871. The van der Waals surface area contributed by atoms with E-state index >= 15 is 0 Å². The topological polar surface area (TPSA) is 77.2 Å². The van der Waals surface area contributed by atoms with E-state index in [-0.39, 0.29) is 18.3 Å². The number of anilines is 1. The number of ether oxygens (including phenoxy) is 1. The van der Waals surface area contributed by atoms with Crippen molar-refractivity contribution in [3.63, 3.8) is 0 Å². The predicted molar refractivity (Wildman–Crippen MR) is 97.5 cm³/mol. The fourth-order valence-corrected chi connectivity index (χ4v) is 2.66. The van der Waals surface area contributed by atoms with Crippen molar-refractivity contribution in [3.05, 3.63) is 58.1 Å². The van der Waals surface area contributed by atoms with Crippen molar-refractivity contribution in [2.45, 2.75) is 13.8 Å². The molecule has 0 unspecified atom stereocenters. The van der Waals surface area contributed by atoms with Crippen molar-refractivity contribution in [3.8, 4) is 17.0 Å². The van der Waals surface area contributed by atoms with Crippen LogP contribution >= 0.6 is 15.9 Å². The number of hydrogen-bond donors (Lipinski definition) is 1. The number of rotatable bonds is 5. The molecule has 0 aliphatic rings. The van der Waals surface area contributed by atoms with Crippen molar-refractivity contribution < 1.29 is 14.2 Å². The second kappa shape index (κ2) is 7.48. The number of aryl methyl sites for hydroxylation is 2. The molecular weight excluding hydrogens is 386 g/mol. The number of para-hydroxylation sites is 1. The minimum atomic E-state index is -0.336. The van der Waals surface area contributed by atoms with Gasteiger partial charge in [0.25, 0.3) is 5.91 Å². The molecule has 0 bridgehead atoms. The zero-order valence-corrected chi connectivity index (χ0v) is 15.3. The zero-order chi connectivity index (χ0) is 17.8. The second-order valence-corrected chi connectivity index (χ2v) is 6.44. The molecule has 1 N–H and O–H groups in total. The summed E-state index contributed by atoms with van der Waals surface area (Å²) in [5.74, 6) is 0.637. The van der Waals surface area contributed by atoms with Gasteiger partial charge in [-0.3, -0.25) is 4.79 Å². The fraction of sp³-hybridized carbons (Fsp3) is 0.167. The summed E-state index contributed by atoms with van der Waals surface area (Å²) in [5, 5.41) is 10.3. The molecule has 3 rings (SSSR count). The lowest BCUT2D eigenvalue weighted by Gasteiger charge is -2.11. The Kier molecular flexibility index (Phi) is 5.14. The molecule has 0 saturated carbocycles. The van der Waals surface area contributed by atoms with E-state index in [0.29, 0.717) is 11.4 Å². The van der Waals surface area contributed by atoms with Crippen LogP contribution in [0.15, 0.2) is 51.6 Å². The first-order chi connectivity index (χ1) is 12.0. The Morgan fingerprint density at radius 3 is 2.48 bits per heavy atom. The van der Waals surface area contributed by atoms with Crippen molar-refractivity contribution in [2.24, 2.45) is 0 Å². The van der Waals surface area contributed by atoms with Crippen LogP contribution in [-0.4, -0.2) is 22.8 Å². The van der Waals surface area contributed by atoms with E-state index in [4.69, 9.17) is 9.37 Å². The van der Waals surface area contributed by atoms with Gasteiger partial charge in [-0.05, 0) is 47.4 Å². The summed E-state index contributed by atoms with van der Waals surface area (Å²) < 4.78 is 11.4. The van der Waals surface area contributed by atoms with Gasteiger partial charge in [-0.25, -0.2) is 4.63 Å². The zero-order valence-electron chi connectivity index (χ0n) is 13.7. The number of halogens is 1. The first kappa shape index (κ1) is 17.2. The summed E-state index contributed by atoms with van der Waals surface area (Å²) in [5.41, 5.74) is 3.21. The number of nitrogens with zero attached hydrogens (tertiary/aromatic N) is 2. The lowest BCUT2D eigenvalue weighted by molar-refractivity contribution is -0.118. The molecular formula is C18H16BrN3O3. The van der Waals surface area contributed by atoms with Crippen LogP contribution in [0.1, 0.15) is 11.1 Å². The molecule has 0 saturated heterocycles. The van der Waals surface area contributed by atoms with E-state index in [1.165, 1.54) is 0 Å². The molecule has 0 aliphatic heterocycles. The third-order valence-electron chi connectivity index (χ3n) is 3.62. The van der Waals surface area contributed by atoms with Crippen LogP contribution in [0.25, 0.3) is 11.3 Å². The Morgan fingerprint density at radius 2 is 1.80 bits per heavy atom. The largest absolute Gasteiger partial charge is 0.483 e. The summed E-state index contributed by atoms with van der Waals surface area (Å²) >= 11 is 3.38. The molecule has 0 atom stereocenters. The number of aromatic nitrogens is 2. The first-order valence-corrected chi connectivity index (χ1v) is 8.41. The van der Waals surface area contributed by atoms with Crippen molar-refractivity contribution in [1.82, 2.24) is 10.3 Å². The SMILES string of the molecule is Cc1cccc(C)c1OCC(=O)Nc1nonc1-c1ccc(Br)cc1. The Labute approximate surface area is 153 Å². The molecule has 1 heterocycles. The van der Waals surface area contributed by atoms with Gasteiger partial charge in [0, 0.05) is 10.0 Å². The summed E-state index contributed by atoms with van der Waals surface area (Å²) in [6, 6.07) is 13.3. The third kappa shape index (κ3) is 4.06. The van der Waals surface area contributed by atoms with Crippen molar-refractivity contribution in [1.29, 1.82) is 0 Å². The standard InChI is InChI=1S/C18H16BrN3O3/c1-11-4-3-5-12(2)17(11)24-10-15(23)20-18-16(21-25-22-18)13-6-8-14(19)9-7-13/h3-9H,10H2,1-2H3,(H,20,22,23). The molecule has 1 amide bonds. The second-order valence-electron chi connectivity index (χ2n) is 5.53. The average molecular weight is 402 g/mol. The van der Waals surface area contributed by atoms with Crippen molar-refractivity contribution in [2.75, 3.05) is 11.9 Å². The van der Waals surface area contributed by atoms with Crippen molar-refractivity contribution >= 4 is 27.7 Å². The van der Waals surface area contributed by atoms with Crippen LogP contribution in [0, 0.1) is 13.8 Å². The fourth-order valence-electron chi connectivity index (χ4n) is 2.40. The molecule has 128 valence electrons. The van der Waals surface area contributed by atoms with Crippen LogP contribution in [-0.2, 0) is 4.79 Å². The molecule has 1 aromatic heterocycles. The maximum atomic E-state index is 12.2. The third-order valence-corrected chi connectivity index (χ3v) is 4.15. The number of hydrogen-bond acceptors (Lipinski definition) is 5. The van der Waals surface area contributed by atoms with E-state index in [1.54, 1.807) is 0 Å².